The van der Waals surface area contributed by atoms with Crippen LogP contribution >= 0.6 is 11.3 Å². The van der Waals surface area contributed by atoms with Crippen LogP contribution < -0.4 is 5.32 Å². The molecule has 0 unspecified atom stereocenters. The Morgan fingerprint density at radius 3 is 2.67 bits per heavy atom. The molecule has 1 aromatic carbocycles. The molecule has 0 aliphatic heterocycles. The molecule has 0 aliphatic carbocycles. The van der Waals surface area contributed by atoms with Crippen LogP contribution in [0.15, 0.2) is 23.6 Å². The molecular formula is C12H8FN3O4S. The number of non-ortho nitro benzene ring substituents is 1. The Balaban J connectivity index is 2.23. The van der Waals surface area contributed by atoms with Gasteiger partial charge in [0.05, 0.1) is 11.0 Å². The maximum Gasteiger partial charge on any atom is 0.273 e. The van der Waals surface area contributed by atoms with E-state index in [0.29, 0.717) is 6.07 Å². The predicted molar refractivity (Wildman–Crippen MR) is 73.1 cm³/mol. The van der Waals surface area contributed by atoms with Gasteiger partial charge in [-0.25, -0.2) is 9.37 Å². The van der Waals surface area contributed by atoms with E-state index >= 15 is 0 Å². The maximum atomic E-state index is 13.3. The van der Waals surface area contributed by atoms with Gasteiger partial charge in [-0.3, -0.25) is 25.0 Å². The summed E-state index contributed by atoms with van der Waals surface area (Å²) in [4.78, 5) is 36.7. The van der Waals surface area contributed by atoms with Crippen molar-refractivity contribution < 1.29 is 18.9 Å². The Morgan fingerprint density at radius 2 is 2.10 bits per heavy atom. The van der Waals surface area contributed by atoms with Crippen molar-refractivity contribution in [2.75, 3.05) is 5.32 Å². The van der Waals surface area contributed by atoms with E-state index in [4.69, 9.17) is 0 Å². The minimum Gasteiger partial charge on any atom is -0.298 e. The first-order chi connectivity index (χ1) is 9.86. The van der Waals surface area contributed by atoms with Gasteiger partial charge in [-0.1, -0.05) is 0 Å². The van der Waals surface area contributed by atoms with Crippen molar-refractivity contribution in [2.24, 2.45) is 0 Å². The van der Waals surface area contributed by atoms with Crippen LogP contribution in [0.2, 0.25) is 0 Å². The highest BCUT2D eigenvalue weighted by Gasteiger charge is 2.16. The second-order valence-electron chi connectivity index (χ2n) is 4.00. The molecule has 7 nitrogen and oxygen atoms in total. The number of benzene rings is 1. The summed E-state index contributed by atoms with van der Waals surface area (Å²) in [5, 5.41) is 14.6. The molecule has 108 valence electrons. The molecule has 0 aliphatic rings. The number of thiazole rings is 1. The number of hydrogen-bond donors (Lipinski definition) is 1. The van der Waals surface area contributed by atoms with Crippen molar-refractivity contribution in [3.63, 3.8) is 0 Å². The molecule has 21 heavy (non-hydrogen) atoms. The Labute approximate surface area is 121 Å². The number of nitro benzene ring substituents is 1. The van der Waals surface area contributed by atoms with Gasteiger partial charge in [0.2, 0.25) is 0 Å². The summed E-state index contributed by atoms with van der Waals surface area (Å²) < 4.78 is 13.3. The molecule has 2 aromatic rings. The summed E-state index contributed by atoms with van der Waals surface area (Å²) in [5.74, 6) is -1.90. The number of anilines is 1. The number of nitrogens with one attached hydrogen (secondary N) is 1. The second kappa shape index (κ2) is 5.75. The smallest absolute Gasteiger partial charge is 0.273 e. The van der Waals surface area contributed by atoms with Gasteiger partial charge in [0.25, 0.3) is 11.6 Å². The van der Waals surface area contributed by atoms with E-state index in [1.807, 2.05) is 0 Å². The molecule has 0 saturated heterocycles. The van der Waals surface area contributed by atoms with Gasteiger partial charge in [0.1, 0.15) is 11.5 Å². The quantitative estimate of drug-likeness (QED) is 0.531. The van der Waals surface area contributed by atoms with Crippen molar-refractivity contribution in [3.8, 4) is 0 Å². The van der Waals surface area contributed by atoms with Crippen molar-refractivity contribution >= 4 is 33.8 Å². The Hall–Kier alpha value is -2.68. The molecule has 0 radical (unpaired) electrons. The summed E-state index contributed by atoms with van der Waals surface area (Å²) in [6.07, 6.45) is 0. The first kappa shape index (κ1) is 14.7. The number of carbonyl (C=O) groups is 2. The van der Waals surface area contributed by atoms with Crippen LogP contribution in [0.3, 0.4) is 0 Å². The number of rotatable bonds is 4. The fourth-order valence-electron chi connectivity index (χ4n) is 1.47. The van der Waals surface area contributed by atoms with Crippen molar-refractivity contribution in [1.82, 2.24) is 4.98 Å². The number of nitrogens with zero attached hydrogens (tertiary/aromatic N) is 2. The molecule has 0 saturated carbocycles. The van der Waals surface area contributed by atoms with Crippen LogP contribution in [0.4, 0.5) is 15.2 Å². The lowest BCUT2D eigenvalue weighted by Gasteiger charge is -2.02. The lowest BCUT2D eigenvalue weighted by molar-refractivity contribution is -0.385. The van der Waals surface area contributed by atoms with E-state index in [2.05, 4.69) is 10.3 Å². The van der Waals surface area contributed by atoms with Crippen molar-refractivity contribution in [1.29, 1.82) is 0 Å². The van der Waals surface area contributed by atoms with Gasteiger partial charge in [0.15, 0.2) is 10.9 Å². The Bertz CT molecular complexity index is 744. The van der Waals surface area contributed by atoms with Gasteiger partial charge in [0, 0.05) is 23.9 Å². The first-order valence-corrected chi connectivity index (χ1v) is 6.47. The van der Waals surface area contributed by atoms with Crippen LogP contribution in [-0.2, 0) is 0 Å². The number of carbonyl (C=O) groups excluding carboxylic acids is 2. The van der Waals surface area contributed by atoms with E-state index in [-0.39, 0.29) is 22.2 Å². The number of ketones is 1. The lowest BCUT2D eigenvalue weighted by atomic mass is 10.2. The molecule has 1 aromatic heterocycles. The van der Waals surface area contributed by atoms with Gasteiger partial charge < -0.3 is 0 Å². The van der Waals surface area contributed by atoms with Gasteiger partial charge in [-0.15, -0.1) is 11.3 Å². The number of Topliss-reactive ketones (excluding diaryl/α,β-unsaturated/α-hetero) is 1. The predicted octanol–water partition coefficient (Wildman–Crippen LogP) is 2.65. The molecule has 0 atom stereocenters. The average Bonchev–Trinajstić information content (AvgIpc) is 2.86. The SMILES string of the molecule is CC(=O)c1csc(NC(=O)c2cc(F)cc([N+](=O)[O-])c2)n1. The Kier molecular flexibility index (Phi) is 4.03. The van der Waals surface area contributed by atoms with E-state index < -0.39 is 22.3 Å². The fourth-order valence-corrected chi connectivity index (χ4v) is 2.22. The van der Waals surface area contributed by atoms with Crippen LogP contribution in [-0.4, -0.2) is 21.6 Å². The topological polar surface area (TPSA) is 102 Å². The van der Waals surface area contributed by atoms with E-state index in [1.165, 1.54) is 12.3 Å². The van der Waals surface area contributed by atoms with E-state index in [1.54, 1.807) is 0 Å². The highest BCUT2D eigenvalue weighted by Crippen LogP contribution is 2.20. The van der Waals surface area contributed by atoms with Crippen molar-refractivity contribution in [3.05, 3.63) is 50.8 Å². The van der Waals surface area contributed by atoms with Gasteiger partial charge in [-0.05, 0) is 6.07 Å². The third-order valence-corrected chi connectivity index (χ3v) is 3.20. The number of amides is 1. The monoisotopic (exact) mass is 309 g/mol. The van der Waals surface area contributed by atoms with E-state index in [9.17, 15) is 24.1 Å². The zero-order valence-electron chi connectivity index (χ0n) is 10.6. The zero-order valence-corrected chi connectivity index (χ0v) is 11.4. The first-order valence-electron chi connectivity index (χ1n) is 5.59. The van der Waals surface area contributed by atoms with Crippen LogP contribution in [0.1, 0.15) is 27.8 Å². The zero-order chi connectivity index (χ0) is 15.6. The molecule has 1 heterocycles. The average molecular weight is 309 g/mol. The minimum absolute atomic E-state index is 0.150. The highest BCUT2D eigenvalue weighted by molar-refractivity contribution is 7.14. The Morgan fingerprint density at radius 1 is 1.38 bits per heavy atom. The number of hydrogen-bond acceptors (Lipinski definition) is 6. The van der Waals surface area contributed by atoms with Crippen molar-refractivity contribution in [2.45, 2.75) is 6.92 Å². The third kappa shape index (κ3) is 3.45. The largest absolute Gasteiger partial charge is 0.298 e. The molecule has 1 amide bonds. The summed E-state index contributed by atoms with van der Waals surface area (Å²) >= 11 is 1.02. The number of aromatic nitrogens is 1. The van der Waals surface area contributed by atoms with Gasteiger partial charge in [-0.2, -0.15) is 0 Å². The van der Waals surface area contributed by atoms with Gasteiger partial charge >= 0.3 is 0 Å². The minimum atomic E-state index is -0.891. The molecule has 0 bridgehead atoms. The summed E-state index contributed by atoms with van der Waals surface area (Å²) in [5.41, 5.74) is -0.537. The third-order valence-electron chi connectivity index (χ3n) is 2.44. The summed E-state index contributed by atoms with van der Waals surface area (Å²) in [6, 6.07) is 2.55. The van der Waals surface area contributed by atoms with Crippen LogP contribution in [0.5, 0.6) is 0 Å². The molecular weight excluding hydrogens is 301 g/mol. The number of halogens is 1. The highest BCUT2D eigenvalue weighted by atomic mass is 32.1. The molecule has 0 fully saturated rings. The molecule has 9 heteroatoms. The molecule has 0 spiro atoms. The molecule has 2 rings (SSSR count). The maximum absolute atomic E-state index is 13.3. The fraction of sp³-hybridized carbons (Fsp3) is 0.0833. The molecule has 1 N–H and O–H groups in total. The lowest BCUT2D eigenvalue weighted by Crippen LogP contribution is -2.12. The number of nitro groups is 1. The van der Waals surface area contributed by atoms with Crippen LogP contribution in [0, 0.1) is 15.9 Å². The standard InChI is InChI=1S/C12H8FN3O4S/c1-6(17)10-5-21-12(14-10)15-11(18)7-2-8(13)4-9(3-7)16(19)20/h2-5H,1H3,(H,14,15,18). The summed E-state index contributed by atoms with van der Waals surface area (Å²) in [7, 11) is 0. The van der Waals surface area contributed by atoms with Crippen LogP contribution in [0.25, 0.3) is 0 Å². The second-order valence-corrected chi connectivity index (χ2v) is 4.86. The van der Waals surface area contributed by atoms with E-state index in [0.717, 1.165) is 23.5 Å². The summed E-state index contributed by atoms with van der Waals surface area (Å²) in [6.45, 7) is 1.33. The normalized spacial score (nSPS) is 10.2.